The van der Waals surface area contributed by atoms with Gasteiger partial charge in [0.1, 0.15) is 11.6 Å². The maximum atomic E-state index is 13.9. The Morgan fingerprint density at radius 2 is 1.79 bits per heavy atom. The van der Waals surface area contributed by atoms with Gasteiger partial charge in [0.25, 0.3) is 5.56 Å². The predicted molar refractivity (Wildman–Crippen MR) is 148 cm³/mol. The molecule has 43 heavy (non-hydrogen) atoms. The highest BCUT2D eigenvalue weighted by Crippen LogP contribution is 2.32. The molecule has 0 saturated carbocycles. The molecule has 0 bridgehead atoms. The van der Waals surface area contributed by atoms with Crippen molar-refractivity contribution in [2.45, 2.75) is 32.1 Å². The number of fused-ring (bicyclic) bond motifs is 1. The van der Waals surface area contributed by atoms with Gasteiger partial charge in [-0.1, -0.05) is 12.1 Å². The maximum absolute atomic E-state index is 13.9. The van der Waals surface area contributed by atoms with Gasteiger partial charge in [0.05, 0.1) is 40.7 Å². The Bertz CT molecular complexity index is 1900. The average Bonchev–Trinajstić information content (AvgIpc) is 3.00. The number of alkyl halides is 3. The molecular formula is C31H22F4N6O2. The van der Waals surface area contributed by atoms with E-state index in [9.17, 15) is 32.4 Å². The van der Waals surface area contributed by atoms with Crippen molar-refractivity contribution < 1.29 is 22.4 Å². The van der Waals surface area contributed by atoms with Crippen LogP contribution in [0.15, 0.2) is 90.1 Å². The fourth-order valence-corrected chi connectivity index (χ4v) is 4.70. The van der Waals surface area contributed by atoms with Crippen LogP contribution in [0.3, 0.4) is 0 Å². The summed E-state index contributed by atoms with van der Waals surface area (Å²) in [6.45, 7) is 1.61. The second-order valence-electron chi connectivity index (χ2n) is 9.69. The van der Waals surface area contributed by atoms with Gasteiger partial charge in [-0.2, -0.15) is 18.4 Å². The molecular weight excluding hydrogens is 564 g/mol. The highest BCUT2D eigenvalue weighted by Gasteiger charge is 2.35. The zero-order valence-corrected chi connectivity index (χ0v) is 22.6. The zero-order valence-electron chi connectivity index (χ0n) is 22.6. The molecule has 3 aromatic heterocycles. The van der Waals surface area contributed by atoms with E-state index in [-0.39, 0.29) is 29.0 Å². The molecule has 0 radical (unpaired) electrons. The molecule has 5 rings (SSSR count). The van der Waals surface area contributed by atoms with Gasteiger partial charge in [-0.3, -0.25) is 19.1 Å². The first-order valence-corrected chi connectivity index (χ1v) is 13.0. The van der Waals surface area contributed by atoms with Crippen LogP contribution in [0, 0.1) is 17.1 Å². The Balaban J connectivity index is 1.63. The molecule has 216 valence electrons. The first kappa shape index (κ1) is 29.1. The Hall–Kier alpha value is -5.44. The summed E-state index contributed by atoms with van der Waals surface area (Å²) >= 11 is 0. The van der Waals surface area contributed by atoms with Gasteiger partial charge < -0.3 is 4.90 Å². The van der Waals surface area contributed by atoms with Gasteiger partial charge in [0, 0.05) is 25.1 Å². The number of amides is 1. The Morgan fingerprint density at radius 3 is 2.47 bits per heavy atom. The normalized spacial score (nSPS) is 12.1. The Labute approximate surface area is 242 Å². The van der Waals surface area contributed by atoms with Crippen molar-refractivity contribution in [1.29, 1.82) is 5.26 Å². The summed E-state index contributed by atoms with van der Waals surface area (Å²) in [5, 5.41) is 9.46. The van der Waals surface area contributed by atoms with Crippen molar-refractivity contribution in [2.24, 2.45) is 0 Å². The molecule has 0 N–H and O–H groups in total. The second kappa shape index (κ2) is 11.8. The number of hydrogen-bond donors (Lipinski definition) is 0. The highest BCUT2D eigenvalue weighted by molar-refractivity contribution is 5.79. The molecule has 0 unspecified atom stereocenters. The summed E-state index contributed by atoms with van der Waals surface area (Å²) in [4.78, 5) is 41.9. The van der Waals surface area contributed by atoms with Crippen LogP contribution in [-0.2, 0) is 23.9 Å². The number of hydrogen-bond acceptors (Lipinski definition) is 6. The van der Waals surface area contributed by atoms with Crippen molar-refractivity contribution in [1.82, 2.24) is 24.4 Å². The molecule has 0 saturated heterocycles. The Kier molecular flexibility index (Phi) is 7.98. The van der Waals surface area contributed by atoms with Gasteiger partial charge in [-0.25, -0.2) is 14.4 Å². The lowest BCUT2D eigenvalue weighted by molar-refractivity contribution is -0.140. The van der Waals surface area contributed by atoms with E-state index < -0.39 is 41.5 Å². The SMILES string of the molecule is C[C@H](c1nc2ncccc2c(=O)n1-c1ccc(C#N)cc1)N(Cc1cccnc1)C(=O)Cc1ccc(F)c(C(F)(F)F)c1. The number of halogens is 4. The monoisotopic (exact) mass is 586 g/mol. The maximum Gasteiger partial charge on any atom is 0.419 e. The number of nitrogens with zero attached hydrogens (tertiary/aromatic N) is 6. The van der Waals surface area contributed by atoms with Gasteiger partial charge in [0.15, 0.2) is 5.65 Å². The molecule has 8 nitrogen and oxygen atoms in total. The van der Waals surface area contributed by atoms with Crippen LogP contribution >= 0.6 is 0 Å². The van der Waals surface area contributed by atoms with Crippen LogP contribution in [0.25, 0.3) is 16.7 Å². The van der Waals surface area contributed by atoms with E-state index in [4.69, 9.17) is 0 Å². The van der Waals surface area contributed by atoms with E-state index in [1.165, 1.54) is 34.0 Å². The molecule has 2 aromatic carbocycles. The van der Waals surface area contributed by atoms with Crippen LogP contribution in [-0.4, -0.2) is 30.3 Å². The van der Waals surface area contributed by atoms with Crippen molar-refractivity contribution >= 4 is 16.9 Å². The fraction of sp³-hybridized carbons (Fsp3) is 0.161. The third-order valence-electron chi connectivity index (χ3n) is 6.85. The fourth-order valence-electron chi connectivity index (χ4n) is 4.70. The van der Waals surface area contributed by atoms with Crippen molar-refractivity contribution in [3.63, 3.8) is 0 Å². The quantitative estimate of drug-likeness (QED) is 0.232. The summed E-state index contributed by atoms with van der Waals surface area (Å²) in [7, 11) is 0. The number of pyridine rings is 2. The molecule has 12 heteroatoms. The lowest BCUT2D eigenvalue weighted by Crippen LogP contribution is -2.38. The third kappa shape index (κ3) is 6.11. The molecule has 1 atom stereocenters. The number of benzene rings is 2. The van der Waals surface area contributed by atoms with Crippen LogP contribution in [0.2, 0.25) is 0 Å². The van der Waals surface area contributed by atoms with Crippen molar-refractivity contribution in [2.75, 3.05) is 0 Å². The minimum absolute atomic E-state index is 0.0232. The number of carbonyl (C=O) groups is 1. The molecule has 3 heterocycles. The third-order valence-corrected chi connectivity index (χ3v) is 6.85. The number of aromatic nitrogens is 4. The van der Waals surface area contributed by atoms with E-state index in [1.54, 1.807) is 49.5 Å². The van der Waals surface area contributed by atoms with E-state index in [1.807, 2.05) is 6.07 Å². The molecule has 0 aliphatic rings. The van der Waals surface area contributed by atoms with Crippen molar-refractivity contribution in [3.05, 3.63) is 130 Å². The molecule has 5 aromatic rings. The van der Waals surface area contributed by atoms with E-state index in [0.717, 1.165) is 6.07 Å². The van der Waals surface area contributed by atoms with Gasteiger partial charge in [0.2, 0.25) is 5.91 Å². The van der Waals surface area contributed by atoms with E-state index in [2.05, 4.69) is 15.0 Å². The summed E-state index contributed by atoms with van der Waals surface area (Å²) < 4.78 is 55.4. The van der Waals surface area contributed by atoms with E-state index in [0.29, 0.717) is 28.9 Å². The number of carbonyl (C=O) groups excluding carboxylic acids is 1. The number of nitriles is 1. The highest BCUT2D eigenvalue weighted by atomic mass is 19.4. The largest absolute Gasteiger partial charge is 0.419 e. The lowest BCUT2D eigenvalue weighted by atomic mass is 10.1. The molecule has 0 spiro atoms. The van der Waals surface area contributed by atoms with Crippen LogP contribution in [0.1, 0.15) is 41.0 Å². The van der Waals surface area contributed by atoms with Crippen LogP contribution in [0.4, 0.5) is 17.6 Å². The van der Waals surface area contributed by atoms with Gasteiger partial charge in [-0.05, 0) is 72.6 Å². The first-order valence-electron chi connectivity index (χ1n) is 13.0. The van der Waals surface area contributed by atoms with Gasteiger partial charge >= 0.3 is 6.18 Å². The average molecular weight is 587 g/mol. The molecule has 0 aliphatic heterocycles. The molecule has 0 aliphatic carbocycles. The van der Waals surface area contributed by atoms with Gasteiger partial charge in [-0.15, -0.1) is 0 Å². The smallest absolute Gasteiger partial charge is 0.328 e. The van der Waals surface area contributed by atoms with E-state index >= 15 is 0 Å². The standard InChI is InChI=1S/C31H22F4N6O2/c1-19(29-39-28-24(5-3-13-38-28)30(43)41(29)23-9-6-20(16-36)7-10-23)40(18-22-4-2-12-37-17-22)27(42)15-21-8-11-26(32)25(14-21)31(33,34)35/h2-14,17,19H,15,18H2,1H3/t19-/m1/s1. The van der Waals surface area contributed by atoms with Crippen molar-refractivity contribution in [3.8, 4) is 11.8 Å². The minimum Gasteiger partial charge on any atom is -0.328 e. The zero-order chi connectivity index (χ0) is 30.7. The lowest BCUT2D eigenvalue weighted by Gasteiger charge is -2.31. The minimum atomic E-state index is -4.94. The predicted octanol–water partition coefficient (Wildman–Crippen LogP) is 5.54. The molecule has 1 amide bonds. The molecule has 0 fully saturated rings. The number of rotatable bonds is 7. The summed E-state index contributed by atoms with van der Waals surface area (Å²) in [5.41, 5.74) is -0.475. The topological polar surface area (TPSA) is 105 Å². The first-order chi connectivity index (χ1) is 20.6. The second-order valence-corrected chi connectivity index (χ2v) is 9.69. The summed E-state index contributed by atoms with van der Waals surface area (Å²) in [5.74, 6) is -1.91. The van der Waals surface area contributed by atoms with Crippen LogP contribution in [0.5, 0.6) is 0 Å². The Morgan fingerprint density at radius 1 is 1.05 bits per heavy atom. The van der Waals surface area contributed by atoms with Crippen LogP contribution < -0.4 is 5.56 Å². The summed E-state index contributed by atoms with van der Waals surface area (Å²) in [6.07, 6.45) is -0.863. The summed E-state index contributed by atoms with van der Waals surface area (Å²) in [6, 6.07) is 16.3.